The molecule has 5 rings (SSSR count). The molecular weight excluding hydrogens is 428 g/mol. The lowest BCUT2D eigenvalue weighted by Crippen LogP contribution is -2.48. The monoisotopic (exact) mass is 454 g/mol. The molecule has 0 radical (unpaired) electrons. The predicted octanol–water partition coefficient (Wildman–Crippen LogP) is 4.50. The third kappa shape index (κ3) is 4.37. The van der Waals surface area contributed by atoms with E-state index in [9.17, 15) is 9.59 Å². The molecule has 2 heterocycles. The number of fused-ring (bicyclic) bond motifs is 3. The minimum atomic E-state index is -0.736. The number of ether oxygens (including phenoxy) is 1. The maximum absolute atomic E-state index is 13.7. The van der Waals surface area contributed by atoms with Gasteiger partial charge in [0.25, 0.3) is 0 Å². The number of hydrogen-bond donors (Lipinski definition) is 2. The topological polar surface area (TPSA) is 87.3 Å². The predicted molar refractivity (Wildman–Crippen MR) is 129 cm³/mol. The van der Waals surface area contributed by atoms with Gasteiger partial charge in [0.2, 0.25) is 5.91 Å². The first kappa shape index (κ1) is 21.7. The summed E-state index contributed by atoms with van der Waals surface area (Å²) in [6, 6.07) is 22.4. The molecule has 0 saturated carbocycles. The molecule has 7 nitrogen and oxygen atoms in total. The molecule has 1 aromatic heterocycles. The fourth-order valence-electron chi connectivity index (χ4n) is 4.51. The highest BCUT2D eigenvalue weighted by Crippen LogP contribution is 2.31. The average molecular weight is 455 g/mol. The zero-order valence-corrected chi connectivity index (χ0v) is 18.9. The summed E-state index contributed by atoms with van der Waals surface area (Å²) < 4.78 is 5.41. The molecule has 4 aromatic rings. The van der Waals surface area contributed by atoms with Gasteiger partial charge in [-0.25, -0.2) is 4.79 Å². The van der Waals surface area contributed by atoms with Crippen molar-refractivity contribution in [2.45, 2.75) is 38.6 Å². The molecule has 2 amide bonds. The van der Waals surface area contributed by atoms with Crippen LogP contribution in [0, 0.1) is 0 Å². The number of rotatable bonds is 5. The molecule has 0 spiro atoms. The van der Waals surface area contributed by atoms with Crippen molar-refractivity contribution in [1.29, 1.82) is 0 Å². The van der Waals surface area contributed by atoms with Gasteiger partial charge in [0, 0.05) is 18.4 Å². The third-order valence-electron chi connectivity index (χ3n) is 6.42. The Morgan fingerprint density at radius 3 is 2.62 bits per heavy atom. The summed E-state index contributed by atoms with van der Waals surface area (Å²) >= 11 is 0. The molecule has 0 bridgehead atoms. The number of nitrogens with one attached hydrogen (secondary N) is 2. The fraction of sp³-hybridized carbons (Fsp3) is 0.222. The first-order chi connectivity index (χ1) is 16.6. The Kier molecular flexibility index (Phi) is 5.99. The van der Waals surface area contributed by atoms with Crippen molar-refractivity contribution in [3.05, 3.63) is 101 Å². The second-order valence-corrected chi connectivity index (χ2v) is 8.55. The molecule has 2 N–H and O–H groups in total. The van der Waals surface area contributed by atoms with Crippen LogP contribution in [-0.2, 0) is 29.1 Å². The molecule has 1 aliphatic rings. The van der Waals surface area contributed by atoms with Gasteiger partial charge in [0.05, 0.1) is 17.8 Å². The number of carbonyl (C=O) groups is 2. The number of amides is 2. The van der Waals surface area contributed by atoms with Crippen molar-refractivity contribution < 1.29 is 14.3 Å². The lowest BCUT2D eigenvalue weighted by molar-refractivity contribution is -0.135. The van der Waals surface area contributed by atoms with Crippen LogP contribution in [0.3, 0.4) is 0 Å². The smallest absolute Gasteiger partial charge is 0.408 e. The minimum absolute atomic E-state index is 0.138. The first-order valence-corrected chi connectivity index (χ1v) is 11.4. The van der Waals surface area contributed by atoms with E-state index in [2.05, 4.69) is 15.5 Å². The van der Waals surface area contributed by atoms with E-state index in [0.29, 0.717) is 13.0 Å². The van der Waals surface area contributed by atoms with E-state index in [1.54, 1.807) is 6.20 Å². The molecule has 2 atom stereocenters. The molecule has 3 aromatic carbocycles. The molecule has 1 aliphatic heterocycles. The van der Waals surface area contributed by atoms with Gasteiger partial charge in [-0.15, -0.1) is 0 Å². The van der Waals surface area contributed by atoms with Crippen molar-refractivity contribution in [2.24, 2.45) is 0 Å². The van der Waals surface area contributed by atoms with E-state index in [1.807, 2.05) is 84.6 Å². The van der Waals surface area contributed by atoms with Gasteiger partial charge in [0.15, 0.2) is 0 Å². The van der Waals surface area contributed by atoms with E-state index >= 15 is 0 Å². The maximum atomic E-state index is 13.7. The van der Waals surface area contributed by atoms with Crippen LogP contribution in [0.1, 0.15) is 35.2 Å². The van der Waals surface area contributed by atoms with E-state index in [1.165, 1.54) is 0 Å². The number of alkyl carbamates (subject to hydrolysis) is 1. The van der Waals surface area contributed by atoms with Gasteiger partial charge in [0.1, 0.15) is 12.6 Å². The van der Waals surface area contributed by atoms with Gasteiger partial charge in [-0.2, -0.15) is 5.10 Å². The minimum Gasteiger partial charge on any atom is -0.445 e. The van der Waals surface area contributed by atoms with Crippen molar-refractivity contribution in [3.8, 4) is 0 Å². The van der Waals surface area contributed by atoms with E-state index in [-0.39, 0.29) is 18.6 Å². The third-order valence-corrected chi connectivity index (χ3v) is 6.42. The fourth-order valence-corrected chi connectivity index (χ4v) is 4.51. The van der Waals surface area contributed by atoms with Gasteiger partial charge in [-0.3, -0.25) is 9.89 Å². The highest BCUT2D eigenvalue weighted by Gasteiger charge is 2.34. The number of H-pyrrole nitrogens is 1. The normalized spacial score (nSPS) is 16.6. The average Bonchev–Trinajstić information content (AvgIpc) is 3.31. The molecular formula is C27H26N4O3. The van der Waals surface area contributed by atoms with Gasteiger partial charge in [-0.1, -0.05) is 66.7 Å². The Balaban J connectivity index is 1.43. The summed E-state index contributed by atoms with van der Waals surface area (Å²) in [6.07, 6.45) is 1.57. The first-order valence-electron chi connectivity index (χ1n) is 11.4. The Labute approximate surface area is 197 Å². The van der Waals surface area contributed by atoms with Gasteiger partial charge < -0.3 is 15.0 Å². The Hall–Kier alpha value is -4.13. The summed E-state index contributed by atoms with van der Waals surface area (Å²) in [6.45, 7) is 2.58. The van der Waals surface area contributed by atoms with Crippen LogP contribution in [-0.4, -0.2) is 33.1 Å². The molecule has 0 unspecified atom stereocenters. The van der Waals surface area contributed by atoms with E-state index in [4.69, 9.17) is 4.74 Å². The largest absolute Gasteiger partial charge is 0.445 e. The van der Waals surface area contributed by atoms with Crippen LogP contribution in [0.15, 0.2) is 79.0 Å². The van der Waals surface area contributed by atoms with Crippen molar-refractivity contribution in [2.75, 3.05) is 0 Å². The van der Waals surface area contributed by atoms with Crippen LogP contribution >= 0.6 is 0 Å². The Morgan fingerprint density at radius 1 is 1.12 bits per heavy atom. The Morgan fingerprint density at radius 2 is 1.85 bits per heavy atom. The maximum Gasteiger partial charge on any atom is 0.408 e. The van der Waals surface area contributed by atoms with Crippen molar-refractivity contribution in [3.63, 3.8) is 0 Å². The molecule has 0 fully saturated rings. The summed E-state index contributed by atoms with van der Waals surface area (Å²) in [4.78, 5) is 28.2. The quantitative estimate of drug-likeness (QED) is 0.465. The summed E-state index contributed by atoms with van der Waals surface area (Å²) in [7, 11) is 0. The molecule has 0 aliphatic carbocycles. The van der Waals surface area contributed by atoms with Crippen LogP contribution in [0.5, 0.6) is 0 Å². The highest BCUT2D eigenvalue weighted by atomic mass is 16.5. The summed E-state index contributed by atoms with van der Waals surface area (Å²) in [5, 5.41) is 11.0. The lowest BCUT2D eigenvalue weighted by Gasteiger charge is -2.31. The molecule has 34 heavy (non-hydrogen) atoms. The highest BCUT2D eigenvalue weighted by molar-refractivity contribution is 5.89. The number of aromatic nitrogens is 2. The standard InChI is InChI=1S/C27H26N4O3/c1-18(20-10-6-3-7-11-20)31-16-23-21(12-13-24-22(23)15-28-30-24)14-25(26(31)32)29-27(33)34-17-19-8-4-2-5-9-19/h2-13,15,18,25H,14,16-17H2,1H3,(H,28,30)(H,29,33)/t18-,25-/m1/s1. The second kappa shape index (κ2) is 9.39. The van der Waals surface area contributed by atoms with Gasteiger partial charge >= 0.3 is 6.09 Å². The van der Waals surface area contributed by atoms with Crippen molar-refractivity contribution in [1.82, 2.24) is 20.4 Å². The molecule has 0 saturated heterocycles. The summed E-state index contributed by atoms with van der Waals surface area (Å²) in [5.41, 5.74) is 4.90. The second-order valence-electron chi connectivity index (χ2n) is 8.55. The van der Waals surface area contributed by atoms with Gasteiger partial charge in [-0.05, 0) is 35.2 Å². The number of carbonyl (C=O) groups excluding carboxylic acids is 2. The van der Waals surface area contributed by atoms with Crippen LogP contribution in [0.25, 0.3) is 10.9 Å². The zero-order valence-electron chi connectivity index (χ0n) is 18.9. The molecule has 172 valence electrons. The van der Waals surface area contributed by atoms with Crippen LogP contribution in [0.4, 0.5) is 4.79 Å². The molecule has 7 heteroatoms. The van der Waals surface area contributed by atoms with E-state index < -0.39 is 12.1 Å². The van der Waals surface area contributed by atoms with Crippen LogP contribution in [0.2, 0.25) is 0 Å². The Bertz CT molecular complexity index is 1300. The number of benzene rings is 3. The number of aromatic amines is 1. The van der Waals surface area contributed by atoms with E-state index in [0.717, 1.165) is 33.2 Å². The summed E-state index contributed by atoms with van der Waals surface area (Å²) in [5.74, 6) is -0.138. The van der Waals surface area contributed by atoms with Crippen molar-refractivity contribution >= 4 is 22.9 Å². The SMILES string of the molecule is C[C@H](c1ccccc1)N1Cc2c(ccc3[nH]ncc23)C[C@@H](NC(=O)OCc2ccccc2)C1=O. The number of nitrogens with zero attached hydrogens (tertiary/aromatic N) is 2. The zero-order chi connectivity index (χ0) is 23.5. The number of hydrogen-bond acceptors (Lipinski definition) is 4. The van der Waals surface area contributed by atoms with Crippen LogP contribution < -0.4 is 5.32 Å². The lowest BCUT2D eigenvalue weighted by atomic mass is 9.99.